The van der Waals surface area contributed by atoms with Crippen LogP contribution in [0.1, 0.15) is 12.5 Å². The minimum atomic E-state index is -1.61. The van der Waals surface area contributed by atoms with Crippen molar-refractivity contribution in [1.82, 2.24) is 9.55 Å². The SMILES string of the molecule is COC(=O)C(O[C@@H]1C=C[C@H](n2ccc(=O)[nH]c2=O)C1)P(OC)OC. The molecule has 1 aromatic rings. The molecule has 0 aliphatic heterocycles. The Labute approximate surface area is 139 Å². The molecule has 3 atom stereocenters. The van der Waals surface area contributed by atoms with Crippen LogP contribution in [0.5, 0.6) is 0 Å². The van der Waals surface area contributed by atoms with Crippen molar-refractivity contribution in [2.75, 3.05) is 21.3 Å². The number of H-pyrrole nitrogens is 1. The smallest absolute Gasteiger partial charge is 0.344 e. The number of rotatable bonds is 7. The van der Waals surface area contributed by atoms with E-state index in [1.165, 1.54) is 38.2 Å². The van der Waals surface area contributed by atoms with Crippen molar-refractivity contribution in [1.29, 1.82) is 0 Å². The predicted molar refractivity (Wildman–Crippen MR) is 85.7 cm³/mol. The van der Waals surface area contributed by atoms with Crippen LogP contribution in [0.4, 0.5) is 0 Å². The first-order valence-corrected chi connectivity index (χ1v) is 8.35. The van der Waals surface area contributed by atoms with Gasteiger partial charge in [0.2, 0.25) is 14.2 Å². The fourth-order valence-corrected chi connectivity index (χ4v) is 3.43. The topological polar surface area (TPSA) is 109 Å². The third kappa shape index (κ3) is 4.18. The first-order valence-electron chi connectivity index (χ1n) is 7.10. The third-order valence-electron chi connectivity index (χ3n) is 3.49. The normalized spacial score (nSPS) is 21.2. The first-order chi connectivity index (χ1) is 11.5. The van der Waals surface area contributed by atoms with E-state index in [1.807, 2.05) is 0 Å². The van der Waals surface area contributed by atoms with Crippen LogP contribution in [0.2, 0.25) is 0 Å². The van der Waals surface area contributed by atoms with Crippen molar-refractivity contribution in [2.45, 2.75) is 24.4 Å². The van der Waals surface area contributed by atoms with Crippen molar-refractivity contribution in [3.05, 3.63) is 45.3 Å². The average molecular weight is 358 g/mol. The van der Waals surface area contributed by atoms with E-state index >= 15 is 0 Å². The lowest BCUT2D eigenvalue weighted by Crippen LogP contribution is -2.32. The van der Waals surface area contributed by atoms with Crippen molar-refractivity contribution in [3.8, 4) is 0 Å². The summed E-state index contributed by atoms with van der Waals surface area (Å²) in [5, 5.41) is 0. The van der Waals surface area contributed by atoms with E-state index in [0.717, 1.165) is 0 Å². The Morgan fingerprint density at radius 1 is 1.29 bits per heavy atom. The van der Waals surface area contributed by atoms with Gasteiger partial charge in [0.1, 0.15) is 0 Å². The van der Waals surface area contributed by atoms with E-state index in [4.69, 9.17) is 18.5 Å². The highest BCUT2D eigenvalue weighted by Crippen LogP contribution is 2.44. The molecule has 2 rings (SSSR count). The second-order valence-corrected chi connectivity index (χ2v) is 6.68. The Balaban J connectivity index is 2.09. The molecule has 0 saturated carbocycles. The van der Waals surface area contributed by atoms with Gasteiger partial charge in [0, 0.05) is 32.9 Å². The van der Waals surface area contributed by atoms with Crippen LogP contribution < -0.4 is 11.2 Å². The fraction of sp³-hybridized carbons (Fsp3) is 0.500. The molecule has 0 spiro atoms. The summed E-state index contributed by atoms with van der Waals surface area (Å²) in [7, 11) is 2.48. The Kier molecular flexibility index (Phi) is 6.44. The van der Waals surface area contributed by atoms with Crippen LogP contribution >= 0.6 is 8.38 Å². The lowest BCUT2D eigenvalue weighted by atomic mass is 10.2. The molecule has 0 bridgehead atoms. The number of hydrogen-bond donors (Lipinski definition) is 1. The van der Waals surface area contributed by atoms with E-state index in [2.05, 4.69) is 4.98 Å². The van der Waals surface area contributed by atoms with Gasteiger partial charge < -0.3 is 18.5 Å². The summed E-state index contributed by atoms with van der Waals surface area (Å²) < 4.78 is 22.1. The molecule has 10 heteroatoms. The molecule has 1 N–H and O–H groups in total. The van der Waals surface area contributed by atoms with E-state index in [1.54, 1.807) is 12.2 Å². The number of nitrogens with one attached hydrogen (secondary N) is 1. The number of aromatic amines is 1. The molecule has 1 aromatic heterocycles. The van der Waals surface area contributed by atoms with E-state index in [0.29, 0.717) is 6.42 Å². The average Bonchev–Trinajstić information content (AvgIpc) is 3.02. The zero-order valence-electron chi connectivity index (χ0n) is 13.5. The number of hydrogen-bond acceptors (Lipinski definition) is 7. The van der Waals surface area contributed by atoms with Crippen molar-refractivity contribution < 1.29 is 23.3 Å². The quantitative estimate of drug-likeness (QED) is 0.430. The minimum absolute atomic E-state index is 0.283. The van der Waals surface area contributed by atoms with Crippen molar-refractivity contribution >= 4 is 14.3 Å². The zero-order chi connectivity index (χ0) is 17.7. The third-order valence-corrected chi connectivity index (χ3v) is 4.92. The maximum atomic E-state index is 11.9. The molecule has 0 aromatic carbocycles. The number of carbonyl (C=O) groups excluding carboxylic acids is 1. The van der Waals surface area contributed by atoms with Gasteiger partial charge >= 0.3 is 11.7 Å². The van der Waals surface area contributed by atoms with E-state index in [-0.39, 0.29) is 6.04 Å². The molecule has 24 heavy (non-hydrogen) atoms. The summed E-state index contributed by atoms with van der Waals surface area (Å²) in [5.74, 6) is -1.59. The minimum Gasteiger partial charge on any atom is -0.467 e. The zero-order valence-corrected chi connectivity index (χ0v) is 14.4. The van der Waals surface area contributed by atoms with Crippen LogP contribution in [0.3, 0.4) is 0 Å². The number of esters is 1. The summed E-state index contributed by atoms with van der Waals surface area (Å²) in [4.78, 5) is 37.1. The summed E-state index contributed by atoms with van der Waals surface area (Å²) in [6.45, 7) is 0. The van der Waals surface area contributed by atoms with Gasteiger partial charge in [-0.2, -0.15) is 0 Å². The Hall–Kier alpha value is -1.80. The largest absolute Gasteiger partial charge is 0.467 e. The molecule has 0 amide bonds. The van der Waals surface area contributed by atoms with Gasteiger partial charge in [0.15, 0.2) is 0 Å². The standard InChI is InChI=1S/C14H19N2O7P/c1-20-12(18)13(24(21-2)22-3)23-10-5-4-9(8-10)16-7-6-11(17)15-14(16)19/h4-7,9-10,13H,8H2,1-3H3,(H,15,17,19)/t9-,10+,13?/m0/s1. The van der Waals surface area contributed by atoms with Gasteiger partial charge in [-0.05, 0) is 0 Å². The summed E-state index contributed by atoms with van der Waals surface area (Å²) in [6, 6.07) is 0.990. The molecule has 1 heterocycles. The second-order valence-electron chi connectivity index (χ2n) is 4.91. The highest BCUT2D eigenvalue weighted by atomic mass is 31.2. The van der Waals surface area contributed by atoms with E-state index < -0.39 is 37.5 Å². The molecule has 0 radical (unpaired) electrons. The maximum Gasteiger partial charge on any atom is 0.344 e. The van der Waals surface area contributed by atoms with Gasteiger partial charge in [-0.3, -0.25) is 14.3 Å². The Morgan fingerprint density at radius 2 is 2.00 bits per heavy atom. The number of methoxy groups -OCH3 is 1. The van der Waals surface area contributed by atoms with Crippen molar-refractivity contribution in [3.63, 3.8) is 0 Å². The van der Waals surface area contributed by atoms with Gasteiger partial charge in [0.25, 0.3) is 5.56 Å². The first kappa shape index (κ1) is 18.5. The molecule has 9 nitrogen and oxygen atoms in total. The molecule has 132 valence electrons. The van der Waals surface area contributed by atoms with E-state index in [9.17, 15) is 14.4 Å². The molecule has 1 aliphatic rings. The van der Waals surface area contributed by atoms with Gasteiger partial charge in [-0.1, -0.05) is 12.2 Å². The van der Waals surface area contributed by atoms with Crippen LogP contribution in [0.25, 0.3) is 0 Å². The summed E-state index contributed by atoms with van der Waals surface area (Å²) in [5.41, 5.74) is -0.957. The Morgan fingerprint density at radius 3 is 2.58 bits per heavy atom. The lowest BCUT2D eigenvalue weighted by molar-refractivity contribution is -0.151. The van der Waals surface area contributed by atoms with Gasteiger partial charge in [-0.25, -0.2) is 9.59 Å². The van der Waals surface area contributed by atoms with Gasteiger partial charge in [-0.15, -0.1) is 0 Å². The highest BCUT2D eigenvalue weighted by molar-refractivity contribution is 7.49. The molecule has 0 saturated heterocycles. The predicted octanol–water partition coefficient (Wildman–Crippen LogP) is 0.527. The fourth-order valence-electron chi connectivity index (χ4n) is 2.37. The van der Waals surface area contributed by atoms with Crippen molar-refractivity contribution in [2.24, 2.45) is 0 Å². The molecule has 0 fully saturated rings. The number of ether oxygens (including phenoxy) is 2. The number of aromatic nitrogens is 2. The number of nitrogens with zero attached hydrogens (tertiary/aromatic N) is 1. The lowest BCUT2D eigenvalue weighted by Gasteiger charge is -2.24. The maximum absolute atomic E-state index is 11.9. The molecular weight excluding hydrogens is 339 g/mol. The monoisotopic (exact) mass is 358 g/mol. The highest BCUT2D eigenvalue weighted by Gasteiger charge is 2.35. The second kappa shape index (κ2) is 8.34. The molecular formula is C14H19N2O7P. The van der Waals surface area contributed by atoms with Crippen LogP contribution in [0, 0.1) is 0 Å². The van der Waals surface area contributed by atoms with Crippen LogP contribution in [-0.4, -0.2) is 48.8 Å². The molecule has 1 unspecified atom stereocenters. The number of carbonyl (C=O) groups is 1. The molecule has 1 aliphatic carbocycles. The summed E-state index contributed by atoms with van der Waals surface area (Å²) >= 11 is 0. The Bertz CT molecular complexity index is 710. The van der Waals surface area contributed by atoms with Gasteiger partial charge in [0.05, 0.1) is 19.3 Å². The summed E-state index contributed by atoms with van der Waals surface area (Å²) in [6.07, 6.45) is 4.95. The van der Waals surface area contributed by atoms with Crippen LogP contribution in [0.15, 0.2) is 34.0 Å². The van der Waals surface area contributed by atoms with Crippen LogP contribution in [-0.2, 0) is 23.3 Å². The number of allylic oxidation sites excluding steroid dienone is 1.